The lowest BCUT2D eigenvalue weighted by Crippen LogP contribution is -2.05. The Morgan fingerprint density at radius 3 is 2.65 bits per heavy atom. The number of aromatic nitrogens is 2. The van der Waals surface area contributed by atoms with Crippen molar-refractivity contribution in [2.75, 3.05) is 0 Å². The van der Waals surface area contributed by atoms with Gasteiger partial charge in [0, 0.05) is 11.0 Å². The lowest BCUT2D eigenvalue weighted by molar-refractivity contribution is 0.462. The van der Waals surface area contributed by atoms with Gasteiger partial charge in [-0.3, -0.25) is 4.68 Å². The third-order valence-electron chi connectivity index (χ3n) is 4.18. The molecule has 0 saturated heterocycles. The van der Waals surface area contributed by atoms with Gasteiger partial charge in [0.2, 0.25) is 0 Å². The second-order valence-electron chi connectivity index (χ2n) is 5.64. The average molecular weight is 333 g/mol. The molecular formula is C17H21BrN2. The Hall–Kier alpha value is -1.09. The van der Waals surface area contributed by atoms with Gasteiger partial charge in [-0.1, -0.05) is 59.1 Å². The van der Waals surface area contributed by atoms with Gasteiger partial charge in [-0.2, -0.15) is 5.10 Å². The van der Waals surface area contributed by atoms with E-state index in [1.807, 2.05) is 0 Å². The first-order valence-corrected chi connectivity index (χ1v) is 8.47. The van der Waals surface area contributed by atoms with E-state index >= 15 is 0 Å². The Kier molecular flexibility index (Phi) is 4.56. The molecule has 1 saturated carbocycles. The molecule has 1 unspecified atom stereocenters. The van der Waals surface area contributed by atoms with Gasteiger partial charge in [0.25, 0.3) is 0 Å². The third kappa shape index (κ3) is 3.32. The van der Waals surface area contributed by atoms with E-state index in [9.17, 15) is 0 Å². The average Bonchev–Trinajstić information content (AvgIpc) is 3.16. The molecule has 3 heteroatoms. The SMILES string of the molecule is BrC(CCc1ccn(C2CCCC2)n1)c1ccccc1. The van der Waals surface area contributed by atoms with Crippen molar-refractivity contribution < 1.29 is 0 Å². The Balaban J connectivity index is 1.56. The first-order valence-electron chi connectivity index (χ1n) is 7.56. The summed E-state index contributed by atoms with van der Waals surface area (Å²) in [4.78, 5) is 0.417. The lowest BCUT2D eigenvalue weighted by atomic mass is 10.1. The molecule has 0 N–H and O–H groups in total. The van der Waals surface area contributed by atoms with Crippen LogP contribution in [0.4, 0.5) is 0 Å². The normalized spacial score (nSPS) is 17.4. The highest BCUT2D eigenvalue weighted by atomic mass is 79.9. The number of hydrogen-bond donors (Lipinski definition) is 0. The van der Waals surface area contributed by atoms with Crippen molar-refractivity contribution in [1.82, 2.24) is 9.78 Å². The third-order valence-corrected chi connectivity index (χ3v) is 5.16. The minimum atomic E-state index is 0.417. The summed E-state index contributed by atoms with van der Waals surface area (Å²) in [6.07, 6.45) is 9.60. The fraction of sp³-hybridized carbons (Fsp3) is 0.471. The molecule has 1 fully saturated rings. The molecule has 0 bridgehead atoms. The number of rotatable bonds is 5. The second kappa shape index (κ2) is 6.57. The van der Waals surface area contributed by atoms with Gasteiger partial charge in [-0.15, -0.1) is 0 Å². The quantitative estimate of drug-likeness (QED) is 0.699. The molecular weight excluding hydrogens is 312 g/mol. The zero-order chi connectivity index (χ0) is 13.8. The number of aryl methyl sites for hydroxylation is 1. The topological polar surface area (TPSA) is 17.8 Å². The van der Waals surface area contributed by atoms with E-state index < -0.39 is 0 Å². The van der Waals surface area contributed by atoms with E-state index in [-0.39, 0.29) is 0 Å². The molecule has 0 radical (unpaired) electrons. The predicted molar refractivity (Wildman–Crippen MR) is 86.2 cm³/mol. The van der Waals surface area contributed by atoms with Crippen molar-refractivity contribution in [2.24, 2.45) is 0 Å². The summed E-state index contributed by atoms with van der Waals surface area (Å²) in [5.74, 6) is 0. The van der Waals surface area contributed by atoms with Crippen LogP contribution in [0.15, 0.2) is 42.6 Å². The molecule has 20 heavy (non-hydrogen) atoms. The summed E-state index contributed by atoms with van der Waals surface area (Å²) in [6.45, 7) is 0. The second-order valence-corrected chi connectivity index (χ2v) is 6.75. The minimum absolute atomic E-state index is 0.417. The van der Waals surface area contributed by atoms with Gasteiger partial charge in [0.1, 0.15) is 0 Å². The maximum atomic E-state index is 4.75. The highest BCUT2D eigenvalue weighted by Gasteiger charge is 2.17. The number of halogens is 1. The van der Waals surface area contributed by atoms with Crippen molar-refractivity contribution in [3.05, 3.63) is 53.9 Å². The monoisotopic (exact) mass is 332 g/mol. The Morgan fingerprint density at radius 1 is 1.15 bits per heavy atom. The molecule has 1 aromatic carbocycles. The number of nitrogens with zero attached hydrogens (tertiary/aromatic N) is 2. The van der Waals surface area contributed by atoms with Gasteiger partial charge in [-0.05, 0) is 37.3 Å². The van der Waals surface area contributed by atoms with Gasteiger partial charge in [-0.25, -0.2) is 0 Å². The molecule has 106 valence electrons. The van der Waals surface area contributed by atoms with E-state index in [0.717, 1.165) is 12.8 Å². The molecule has 1 atom stereocenters. The van der Waals surface area contributed by atoms with Crippen molar-refractivity contribution in [1.29, 1.82) is 0 Å². The standard InChI is InChI=1S/C17H21BrN2/c18-17(14-6-2-1-3-7-14)11-10-15-12-13-20(19-15)16-8-4-5-9-16/h1-3,6-7,12-13,16-17H,4-5,8-11H2. The van der Waals surface area contributed by atoms with Gasteiger partial charge in [0.15, 0.2) is 0 Å². The van der Waals surface area contributed by atoms with E-state index in [2.05, 4.69) is 63.2 Å². The fourth-order valence-electron chi connectivity index (χ4n) is 2.99. The Labute approximate surface area is 129 Å². The number of benzene rings is 1. The number of alkyl halides is 1. The zero-order valence-electron chi connectivity index (χ0n) is 11.7. The van der Waals surface area contributed by atoms with Crippen LogP contribution in [0.3, 0.4) is 0 Å². The van der Waals surface area contributed by atoms with Gasteiger partial charge < -0.3 is 0 Å². The summed E-state index contributed by atoms with van der Waals surface area (Å²) in [7, 11) is 0. The van der Waals surface area contributed by atoms with Crippen LogP contribution in [0.5, 0.6) is 0 Å². The highest BCUT2D eigenvalue weighted by molar-refractivity contribution is 9.09. The fourth-order valence-corrected chi connectivity index (χ4v) is 3.52. The van der Waals surface area contributed by atoms with Gasteiger partial charge in [0.05, 0.1) is 11.7 Å². The molecule has 0 aliphatic heterocycles. The van der Waals surface area contributed by atoms with E-state index in [4.69, 9.17) is 5.10 Å². The maximum absolute atomic E-state index is 4.75. The minimum Gasteiger partial charge on any atom is -0.269 e. The molecule has 1 heterocycles. The largest absolute Gasteiger partial charge is 0.269 e. The molecule has 2 nitrogen and oxygen atoms in total. The summed E-state index contributed by atoms with van der Waals surface area (Å²) < 4.78 is 2.19. The van der Waals surface area contributed by atoms with Crippen molar-refractivity contribution in [2.45, 2.75) is 49.4 Å². The summed E-state index contributed by atoms with van der Waals surface area (Å²) >= 11 is 3.78. The molecule has 1 aromatic heterocycles. The van der Waals surface area contributed by atoms with E-state index in [0.29, 0.717) is 10.9 Å². The molecule has 0 spiro atoms. The molecule has 0 amide bonds. The van der Waals surface area contributed by atoms with Crippen LogP contribution in [0.1, 0.15) is 54.2 Å². The molecule has 2 aromatic rings. The van der Waals surface area contributed by atoms with E-state index in [1.54, 1.807) is 0 Å². The Bertz CT molecular complexity index is 529. The van der Waals surface area contributed by atoms with Crippen LogP contribution in [0.25, 0.3) is 0 Å². The van der Waals surface area contributed by atoms with Crippen molar-refractivity contribution in [3.63, 3.8) is 0 Å². The van der Waals surface area contributed by atoms with Crippen molar-refractivity contribution >= 4 is 15.9 Å². The number of hydrogen-bond acceptors (Lipinski definition) is 1. The maximum Gasteiger partial charge on any atom is 0.0625 e. The van der Waals surface area contributed by atoms with Crippen LogP contribution >= 0.6 is 15.9 Å². The van der Waals surface area contributed by atoms with Gasteiger partial charge >= 0.3 is 0 Å². The lowest BCUT2D eigenvalue weighted by Gasteiger charge is -2.10. The summed E-state index contributed by atoms with van der Waals surface area (Å²) in [5, 5.41) is 4.75. The Morgan fingerprint density at radius 2 is 1.90 bits per heavy atom. The highest BCUT2D eigenvalue weighted by Crippen LogP contribution is 2.30. The summed E-state index contributed by atoms with van der Waals surface area (Å²) in [5.41, 5.74) is 2.57. The smallest absolute Gasteiger partial charge is 0.0625 e. The van der Waals surface area contributed by atoms with Crippen LogP contribution in [-0.2, 0) is 6.42 Å². The van der Waals surface area contributed by atoms with Crippen LogP contribution in [-0.4, -0.2) is 9.78 Å². The van der Waals surface area contributed by atoms with Crippen LogP contribution in [0, 0.1) is 0 Å². The predicted octanol–water partition coefficient (Wildman–Crippen LogP) is 5.07. The molecule has 1 aliphatic rings. The van der Waals surface area contributed by atoms with Crippen LogP contribution in [0.2, 0.25) is 0 Å². The molecule has 1 aliphatic carbocycles. The van der Waals surface area contributed by atoms with Crippen molar-refractivity contribution in [3.8, 4) is 0 Å². The first kappa shape index (κ1) is 13.9. The first-order chi connectivity index (χ1) is 9.83. The molecule has 3 rings (SSSR count). The van der Waals surface area contributed by atoms with E-state index in [1.165, 1.54) is 36.9 Å². The van der Waals surface area contributed by atoms with Crippen LogP contribution < -0.4 is 0 Å². The summed E-state index contributed by atoms with van der Waals surface area (Å²) in [6, 6.07) is 13.4. The zero-order valence-corrected chi connectivity index (χ0v) is 13.3.